The highest BCUT2D eigenvalue weighted by Crippen LogP contribution is 2.34. The second kappa shape index (κ2) is 6.03. The molecule has 0 fully saturated rings. The molecule has 2 aromatic rings. The van der Waals surface area contributed by atoms with E-state index in [0.29, 0.717) is 4.90 Å². The van der Waals surface area contributed by atoms with Crippen molar-refractivity contribution >= 4 is 27.7 Å². The Kier molecular flexibility index (Phi) is 4.60. The van der Waals surface area contributed by atoms with Crippen molar-refractivity contribution in [3.05, 3.63) is 58.1 Å². The molecule has 0 bridgehead atoms. The van der Waals surface area contributed by atoms with E-state index < -0.39 is 17.7 Å². The highest BCUT2D eigenvalue weighted by atomic mass is 79.9. The van der Waals surface area contributed by atoms with Gasteiger partial charge < -0.3 is 5.11 Å². The zero-order valence-corrected chi connectivity index (χ0v) is 12.4. The molecule has 19 heavy (non-hydrogen) atoms. The monoisotopic (exact) mass is 344 g/mol. The Hall–Kier alpha value is -0.910. The van der Waals surface area contributed by atoms with Crippen molar-refractivity contribution in [2.75, 3.05) is 0 Å². The van der Waals surface area contributed by atoms with E-state index in [1.165, 1.54) is 23.9 Å². The van der Waals surface area contributed by atoms with E-state index >= 15 is 0 Å². The zero-order valence-electron chi connectivity index (χ0n) is 10.0. The maximum atomic E-state index is 13.5. The lowest BCUT2D eigenvalue weighted by Crippen LogP contribution is -1.92. The van der Waals surface area contributed by atoms with Crippen molar-refractivity contribution in [3.63, 3.8) is 0 Å². The molecule has 1 atom stereocenters. The smallest absolute Gasteiger partial charge is 0.140 e. The molecule has 0 aliphatic rings. The zero-order chi connectivity index (χ0) is 14.0. The van der Waals surface area contributed by atoms with Gasteiger partial charge in [-0.05, 0) is 36.8 Å². The summed E-state index contributed by atoms with van der Waals surface area (Å²) >= 11 is 4.57. The average molecular weight is 345 g/mol. The molecular weight excluding hydrogens is 334 g/mol. The fourth-order valence-electron chi connectivity index (χ4n) is 1.60. The first-order valence-corrected chi connectivity index (χ1v) is 7.18. The van der Waals surface area contributed by atoms with Crippen LogP contribution in [0.4, 0.5) is 8.78 Å². The molecule has 0 amide bonds. The molecule has 2 aromatic carbocycles. The molecule has 1 N–H and O–H groups in total. The van der Waals surface area contributed by atoms with Crippen LogP contribution in [0.3, 0.4) is 0 Å². The minimum Gasteiger partial charge on any atom is -0.389 e. The molecular formula is C14H11BrF2OS. The summed E-state index contributed by atoms with van der Waals surface area (Å²) < 4.78 is 27.1. The minimum absolute atomic E-state index is 0.359. The number of rotatable bonds is 3. The standard InChI is InChI=1S/C14H11BrF2OS/c1-8(18)11-4-3-10(7-12(11)15)19-14-5-2-9(16)6-13(14)17/h2-8,18H,1H3/t8-/m1/s1. The van der Waals surface area contributed by atoms with Gasteiger partial charge in [-0.2, -0.15) is 0 Å². The molecule has 5 heteroatoms. The third-order valence-corrected chi connectivity index (χ3v) is 4.27. The largest absolute Gasteiger partial charge is 0.389 e. The van der Waals surface area contributed by atoms with Crippen molar-refractivity contribution in [2.45, 2.75) is 22.8 Å². The molecule has 0 saturated heterocycles. The first-order valence-electron chi connectivity index (χ1n) is 5.58. The highest BCUT2D eigenvalue weighted by molar-refractivity contribution is 9.10. The Morgan fingerprint density at radius 1 is 1.16 bits per heavy atom. The minimum atomic E-state index is -0.590. The van der Waals surface area contributed by atoms with Gasteiger partial charge in [0.25, 0.3) is 0 Å². The van der Waals surface area contributed by atoms with Crippen LogP contribution < -0.4 is 0 Å². The van der Waals surface area contributed by atoms with Crippen LogP contribution in [0.1, 0.15) is 18.6 Å². The van der Waals surface area contributed by atoms with Gasteiger partial charge in [-0.3, -0.25) is 0 Å². The fourth-order valence-corrected chi connectivity index (χ4v) is 3.32. The number of benzene rings is 2. The van der Waals surface area contributed by atoms with Crippen molar-refractivity contribution < 1.29 is 13.9 Å². The summed E-state index contributed by atoms with van der Waals surface area (Å²) in [5.74, 6) is -1.17. The van der Waals surface area contributed by atoms with E-state index in [9.17, 15) is 13.9 Å². The van der Waals surface area contributed by atoms with E-state index in [2.05, 4.69) is 15.9 Å². The van der Waals surface area contributed by atoms with Crippen molar-refractivity contribution in [1.29, 1.82) is 0 Å². The van der Waals surface area contributed by atoms with Gasteiger partial charge in [-0.1, -0.05) is 33.8 Å². The number of hydrogen-bond acceptors (Lipinski definition) is 2. The Morgan fingerprint density at radius 3 is 2.47 bits per heavy atom. The maximum Gasteiger partial charge on any atom is 0.140 e. The van der Waals surface area contributed by atoms with Crippen LogP contribution in [0, 0.1) is 11.6 Å². The molecule has 2 rings (SSSR count). The van der Waals surface area contributed by atoms with Crippen molar-refractivity contribution in [1.82, 2.24) is 0 Å². The molecule has 0 aliphatic carbocycles. The average Bonchev–Trinajstić information content (AvgIpc) is 2.32. The summed E-state index contributed by atoms with van der Waals surface area (Å²) in [6, 6.07) is 8.87. The predicted molar refractivity (Wildman–Crippen MR) is 75.3 cm³/mol. The molecule has 100 valence electrons. The first-order chi connectivity index (χ1) is 8.97. The van der Waals surface area contributed by atoms with Crippen LogP contribution >= 0.6 is 27.7 Å². The normalized spacial score (nSPS) is 12.5. The fraction of sp³-hybridized carbons (Fsp3) is 0.143. The van der Waals surface area contributed by atoms with Crippen molar-refractivity contribution in [3.8, 4) is 0 Å². The van der Waals surface area contributed by atoms with Gasteiger partial charge in [-0.15, -0.1) is 0 Å². The topological polar surface area (TPSA) is 20.2 Å². The molecule has 0 heterocycles. The number of aliphatic hydroxyl groups excluding tert-OH is 1. The number of hydrogen-bond donors (Lipinski definition) is 1. The van der Waals surface area contributed by atoms with Gasteiger partial charge in [0.05, 0.1) is 6.10 Å². The lowest BCUT2D eigenvalue weighted by atomic mass is 10.1. The van der Waals surface area contributed by atoms with Crippen molar-refractivity contribution in [2.24, 2.45) is 0 Å². The lowest BCUT2D eigenvalue weighted by molar-refractivity contribution is 0.198. The van der Waals surface area contributed by atoms with Gasteiger partial charge in [0.1, 0.15) is 11.6 Å². The van der Waals surface area contributed by atoms with Crippen LogP contribution in [0.5, 0.6) is 0 Å². The van der Waals surface area contributed by atoms with Crippen LogP contribution in [-0.2, 0) is 0 Å². The summed E-state index contributed by atoms with van der Waals surface area (Å²) in [5, 5.41) is 9.52. The van der Waals surface area contributed by atoms with E-state index in [0.717, 1.165) is 21.0 Å². The molecule has 0 unspecified atom stereocenters. The Morgan fingerprint density at radius 2 is 1.89 bits per heavy atom. The van der Waals surface area contributed by atoms with Crippen LogP contribution in [0.15, 0.2) is 50.7 Å². The number of halogens is 3. The predicted octanol–water partition coefficient (Wildman–Crippen LogP) is 4.93. The number of aliphatic hydroxyl groups is 1. The summed E-state index contributed by atoms with van der Waals surface area (Å²) in [7, 11) is 0. The highest BCUT2D eigenvalue weighted by Gasteiger charge is 2.09. The molecule has 0 saturated carbocycles. The van der Waals surface area contributed by atoms with Crippen LogP contribution in [0.25, 0.3) is 0 Å². The van der Waals surface area contributed by atoms with Gasteiger partial charge in [0.2, 0.25) is 0 Å². The van der Waals surface area contributed by atoms with E-state index in [1.54, 1.807) is 25.1 Å². The third kappa shape index (κ3) is 3.55. The lowest BCUT2D eigenvalue weighted by Gasteiger charge is -2.09. The Bertz CT molecular complexity index is 602. The van der Waals surface area contributed by atoms with Crippen LogP contribution in [0.2, 0.25) is 0 Å². The van der Waals surface area contributed by atoms with E-state index in [1.807, 2.05) is 0 Å². The van der Waals surface area contributed by atoms with Crippen LogP contribution in [-0.4, -0.2) is 5.11 Å². The van der Waals surface area contributed by atoms with Gasteiger partial charge >= 0.3 is 0 Å². The summed E-state index contributed by atoms with van der Waals surface area (Å²) in [6.07, 6.45) is -0.573. The quantitative estimate of drug-likeness (QED) is 0.851. The van der Waals surface area contributed by atoms with Gasteiger partial charge in [0, 0.05) is 20.3 Å². The third-order valence-electron chi connectivity index (χ3n) is 2.54. The Balaban J connectivity index is 2.26. The molecule has 0 spiro atoms. The first kappa shape index (κ1) is 14.5. The summed E-state index contributed by atoms with van der Waals surface area (Å²) in [6.45, 7) is 1.67. The molecule has 0 aromatic heterocycles. The summed E-state index contributed by atoms with van der Waals surface area (Å²) in [4.78, 5) is 1.17. The second-order valence-electron chi connectivity index (χ2n) is 4.04. The van der Waals surface area contributed by atoms with Gasteiger partial charge in [-0.25, -0.2) is 8.78 Å². The SMILES string of the molecule is C[C@@H](O)c1ccc(Sc2ccc(F)cc2F)cc1Br. The Labute approximate surface area is 122 Å². The summed E-state index contributed by atoms with van der Waals surface area (Å²) in [5.41, 5.74) is 0.768. The van der Waals surface area contributed by atoms with E-state index in [4.69, 9.17) is 0 Å². The second-order valence-corrected chi connectivity index (χ2v) is 6.01. The molecule has 0 radical (unpaired) electrons. The van der Waals surface area contributed by atoms with Gasteiger partial charge in [0.15, 0.2) is 0 Å². The van der Waals surface area contributed by atoms with E-state index in [-0.39, 0.29) is 0 Å². The molecule has 1 nitrogen and oxygen atoms in total. The molecule has 0 aliphatic heterocycles. The maximum absolute atomic E-state index is 13.5.